The van der Waals surface area contributed by atoms with Gasteiger partial charge in [0.2, 0.25) is 0 Å². The van der Waals surface area contributed by atoms with E-state index >= 15 is 0 Å². The topological polar surface area (TPSA) is 26.8 Å². The summed E-state index contributed by atoms with van der Waals surface area (Å²) in [6, 6.07) is 6.64. The van der Waals surface area contributed by atoms with Crippen molar-refractivity contribution >= 4 is 22.7 Å². The van der Waals surface area contributed by atoms with Crippen molar-refractivity contribution in [2.24, 2.45) is 0 Å². The summed E-state index contributed by atoms with van der Waals surface area (Å²) < 4.78 is 13.5. The molecule has 2 aliphatic heterocycles. The number of carbonyl (C=O) groups excluding carboxylic acids is 1. The van der Waals surface area contributed by atoms with Crippen LogP contribution in [0.1, 0.15) is 43.7 Å². The second-order valence-corrected chi connectivity index (χ2v) is 8.70. The highest BCUT2D eigenvalue weighted by molar-refractivity contribution is 6.62. The van der Waals surface area contributed by atoms with Crippen molar-refractivity contribution in [1.29, 1.82) is 0 Å². The fraction of sp³-hybridized carbons (Fsp3) is 0.667. The molecule has 2 aliphatic rings. The van der Waals surface area contributed by atoms with Crippen molar-refractivity contribution in [2.45, 2.75) is 57.8 Å². The lowest BCUT2D eigenvalue weighted by atomic mass is 9.88. The maximum absolute atomic E-state index is 13.5. The number of piperidine rings is 2. The maximum atomic E-state index is 13.5. The standard InChI is InChI=1S/C21H31ClFN3O/c1-16-4-5-17(14-19(16)25-10-6-18(23)7-11-25)15-24(3)21(2)8-12-26(13-9-21)20(22)27/h4-5,14,18H,6-13,15H2,1-3H3. The van der Waals surface area contributed by atoms with Gasteiger partial charge in [-0.3, -0.25) is 9.69 Å². The molecule has 1 aromatic carbocycles. The van der Waals surface area contributed by atoms with Gasteiger partial charge >= 0.3 is 5.37 Å². The Morgan fingerprint density at radius 2 is 1.89 bits per heavy atom. The Hall–Kier alpha value is -1.33. The molecule has 150 valence electrons. The first-order valence-corrected chi connectivity index (χ1v) is 10.3. The van der Waals surface area contributed by atoms with Gasteiger partial charge in [-0.15, -0.1) is 0 Å². The minimum absolute atomic E-state index is 0.0560. The van der Waals surface area contributed by atoms with Crippen LogP contribution in [0.5, 0.6) is 0 Å². The minimum atomic E-state index is -0.651. The van der Waals surface area contributed by atoms with Crippen LogP contribution in [0.3, 0.4) is 0 Å². The van der Waals surface area contributed by atoms with E-state index < -0.39 is 6.17 Å². The minimum Gasteiger partial charge on any atom is -0.371 e. The Morgan fingerprint density at radius 3 is 2.48 bits per heavy atom. The zero-order chi connectivity index (χ0) is 19.6. The maximum Gasteiger partial charge on any atom is 0.316 e. The number of likely N-dealkylation sites (tertiary alicyclic amines) is 1. The van der Waals surface area contributed by atoms with E-state index in [1.807, 2.05) is 0 Å². The van der Waals surface area contributed by atoms with Gasteiger partial charge in [-0.25, -0.2) is 4.39 Å². The molecular formula is C21H31ClFN3O. The molecule has 27 heavy (non-hydrogen) atoms. The van der Waals surface area contributed by atoms with Crippen molar-refractivity contribution in [1.82, 2.24) is 9.80 Å². The predicted octanol–water partition coefficient (Wildman–Crippen LogP) is 4.58. The summed E-state index contributed by atoms with van der Waals surface area (Å²) in [5.74, 6) is 0. The molecule has 0 bridgehead atoms. The monoisotopic (exact) mass is 395 g/mol. The quantitative estimate of drug-likeness (QED) is 0.551. The largest absolute Gasteiger partial charge is 0.371 e. The zero-order valence-electron chi connectivity index (χ0n) is 16.7. The summed E-state index contributed by atoms with van der Waals surface area (Å²) in [4.78, 5) is 17.8. The Labute approximate surface area is 167 Å². The Kier molecular flexibility index (Phi) is 6.32. The highest BCUT2D eigenvalue weighted by Gasteiger charge is 2.34. The summed E-state index contributed by atoms with van der Waals surface area (Å²) in [7, 11) is 2.16. The van der Waals surface area contributed by atoms with E-state index in [2.05, 4.69) is 48.9 Å². The van der Waals surface area contributed by atoms with Crippen molar-refractivity contribution in [3.63, 3.8) is 0 Å². The molecule has 2 saturated heterocycles. The van der Waals surface area contributed by atoms with Crippen molar-refractivity contribution < 1.29 is 9.18 Å². The third-order valence-electron chi connectivity index (χ3n) is 6.47. The molecule has 2 heterocycles. The van der Waals surface area contributed by atoms with Crippen LogP contribution in [-0.2, 0) is 6.54 Å². The van der Waals surface area contributed by atoms with Crippen LogP contribution in [0.25, 0.3) is 0 Å². The number of aryl methyl sites for hydroxylation is 1. The number of amides is 1. The van der Waals surface area contributed by atoms with Gasteiger partial charge in [0.15, 0.2) is 0 Å². The molecule has 0 radical (unpaired) electrons. The first kappa shape index (κ1) is 20.4. The van der Waals surface area contributed by atoms with Gasteiger partial charge in [0, 0.05) is 44.0 Å². The van der Waals surface area contributed by atoms with Gasteiger partial charge in [-0.1, -0.05) is 12.1 Å². The summed E-state index contributed by atoms with van der Waals surface area (Å²) in [6.07, 6.45) is 2.44. The lowest BCUT2D eigenvalue weighted by Gasteiger charge is -2.45. The third-order valence-corrected chi connectivity index (χ3v) is 6.71. The van der Waals surface area contributed by atoms with E-state index in [-0.39, 0.29) is 10.9 Å². The average Bonchev–Trinajstić information content (AvgIpc) is 2.64. The molecule has 2 fully saturated rings. The fourth-order valence-corrected chi connectivity index (χ4v) is 4.36. The number of benzene rings is 1. The van der Waals surface area contributed by atoms with Crippen LogP contribution < -0.4 is 4.90 Å². The number of halogens is 2. The van der Waals surface area contributed by atoms with Crippen LogP contribution in [0.4, 0.5) is 14.9 Å². The SMILES string of the molecule is Cc1ccc(CN(C)C2(C)CCN(C(=O)Cl)CC2)cc1N1CCC(F)CC1. The molecule has 0 atom stereocenters. The van der Waals surface area contributed by atoms with E-state index in [0.717, 1.165) is 32.5 Å². The number of hydrogen-bond acceptors (Lipinski definition) is 3. The van der Waals surface area contributed by atoms with Gasteiger partial charge in [-0.2, -0.15) is 0 Å². The molecule has 0 unspecified atom stereocenters. The lowest BCUT2D eigenvalue weighted by molar-refractivity contribution is 0.0628. The number of hydrogen-bond donors (Lipinski definition) is 0. The number of rotatable bonds is 4. The predicted molar refractivity (Wildman–Crippen MR) is 109 cm³/mol. The van der Waals surface area contributed by atoms with Crippen LogP contribution in [-0.4, -0.2) is 60.1 Å². The zero-order valence-corrected chi connectivity index (χ0v) is 17.4. The van der Waals surface area contributed by atoms with Crippen molar-refractivity contribution in [3.05, 3.63) is 29.3 Å². The third kappa shape index (κ3) is 4.75. The Morgan fingerprint density at radius 1 is 1.26 bits per heavy atom. The first-order valence-electron chi connectivity index (χ1n) is 9.93. The van der Waals surface area contributed by atoms with Crippen LogP contribution in [0.15, 0.2) is 18.2 Å². The summed E-state index contributed by atoms with van der Waals surface area (Å²) in [5.41, 5.74) is 3.82. The fourth-order valence-electron chi connectivity index (χ4n) is 4.19. The number of anilines is 1. The molecular weight excluding hydrogens is 365 g/mol. The van der Waals surface area contributed by atoms with E-state index in [1.54, 1.807) is 4.90 Å². The number of carbonyl (C=O) groups is 1. The van der Waals surface area contributed by atoms with Gasteiger partial charge in [-0.05, 0) is 75.4 Å². The van der Waals surface area contributed by atoms with Crippen LogP contribution in [0.2, 0.25) is 0 Å². The molecule has 0 spiro atoms. The molecule has 0 aliphatic carbocycles. The summed E-state index contributed by atoms with van der Waals surface area (Å²) in [6.45, 7) is 8.26. The normalized spacial score (nSPS) is 21.0. The van der Waals surface area contributed by atoms with E-state index in [4.69, 9.17) is 11.6 Å². The molecule has 0 N–H and O–H groups in total. The summed E-state index contributed by atoms with van der Waals surface area (Å²) >= 11 is 5.62. The van der Waals surface area contributed by atoms with E-state index in [1.165, 1.54) is 16.8 Å². The highest BCUT2D eigenvalue weighted by Crippen LogP contribution is 2.31. The van der Waals surface area contributed by atoms with Gasteiger partial charge in [0.05, 0.1) is 0 Å². The smallest absolute Gasteiger partial charge is 0.316 e. The highest BCUT2D eigenvalue weighted by atomic mass is 35.5. The van der Waals surface area contributed by atoms with Crippen LogP contribution in [0, 0.1) is 6.92 Å². The molecule has 1 aromatic rings. The van der Waals surface area contributed by atoms with Gasteiger partial charge in [0.1, 0.15) is 6.17 Å². The first-order chi connectivity index (χ1) is 12.8. The Bertz CT molecular complexity index is 667. The Balaban J connectivity index is 1.67. The molecule has 4 nitrogen and oxygen atoms in total. The van der Waals surface area contributed by atoms with Gasteiger partial charge < -0.3 is 9.80 Å². The van der Waals surface area contributed by atoms with Crippen molar-refractivity contribution in [3.8, 4) is 0 Å². The molecule has 0 saturated carbocycles. The van der Waals surface area contributed by atoms with Crippen molar-refractivity contribution in [2.75, 3.05) is 38.1 Å². The van der Waals surface area contributed by atoms with E-state index in [0.29, 0.717) is 25.9 Å². The molecule has 0 aromatic heterocycles. The van der Waals surface area contributed by atoms with Crippen LogP contribution >= 0.6 is 11.6 Å². The molecule has 1 amide bonds. The lowest BCUT2D eigenvalue weighted by Crippen LogP contribution is -2.52. The van der Waals surface area contributed by atoms with Gasteiger partial charge in [0.25, 0.3) is 0 Å². The number of nitrogens with zero attached hydrogens (tertiary/aromatic N) is 3. The molecule has 3 rings (SSSR count). The average molecular weight is 396 g/mol. The second-order valence-electron chi connectivity index (χ2n) is 8.38. The summed E-state index contributed by atoms with van der Waals surface area (Å²) in [5, 5.41) is -0.347. The van der Waals surface area contributed by atoms with E-state index in [9.17, 15) is 9.18 Å². The number of alkyl halides is 1. The second kappa shape index (κ2) is 8.36. The molecule has 6 heteroatoms.